The van der Waals surface area contributed by atoms with Gasteiger partial charge in [-0.05, 0) is 41.0 Å². The van der Waals surface area contributed by atoms with Crippen molar-refractivity contribution in [3.05, 3.63) is 86.2 Å². The van der Waals surface area contributed by atoms with Gasteiger partial charge in [-0.15, -0.1) is 4.68 Å². The molecule has 6 rings (SSSR count). The van der Waals surface area contributed by atoms with Gasteiger partial charge in [-0.1, -0.05) is 24.3 Å². The van der Waals surface area contributed by atoms with E-state index in [1.54, 1.807) is 31.4 Å². The van der Waals surface area contributed by atoms with Crippen molar-refractivity contribution < 1.29 is 9.47 Å². The van der Waals surface area contributed by atoms with Crippen molar-refractivity contribution in [3.63, 3.8) is 0 Å². The van der Waals surface area contributed by atoms with Crippen molar-refractivity contribution in [2.24, 2.45) is 5.10 Å². The molecule has 1 aliphatic carbocycles. The van der Waals surface area contributed by atoms with E-state index in [1.165, 1.54) is 15.6 Å². The van der Waals surface area contributed by atoms with Crippen LogP contribution in [0.2, 0.25) is 0 Å². The van der Waals surface area contributed by atoms with Gasteiger partial charge in [-0.2, -0.15) is 9.78 Å². The summed E-state index contributed by atoms with van der Waals surface area (Å²) < 4.78 is 15.0. The molecule has 8 nitrogen and oxygen atoms in total. The Bertz CT molecular complexity index is 1250. The second-order valence-electron chi connectivity index (χ2n) is 7.18. The molecule has 0 saturated carbocycles. The minimum absolute atomic E-state index is 0.00168. The molecule has 1 fully saturated rings. The Morgan fingerprint density at radius 3 is 2.46 bits per heavy atom. The average Bonchev–Trinajstić information content (AvgIpc) is 3.43. The molecule has 1 aromatic heterocycles. The molecule has 28 heavy (non-hydrogen) atoms. The summed E-state index contributed by atoms with van der Waals surface area (Å²) >= 11 is 0. The summed E-state index contributed by atoms with van der Waals surface area (Å²) in [4.78, 5) is 25.9. The van der Waals surface area contributed by atoms with E-state index in [0.717, 1.165) is 27.1 Å². The van der Waals surface area contributed by atoms with Crippen molar-refractivity contribution in [2.75, 3.05) is 7.11 Å². The van der Waals surface area contributed by atoms with E-state index in [4.69, 9.17) is 9.47 Å². The highest BCUT2D eigenvalue weighted by Gasteiger charge is 2.61. The Labute approximate surface area is 158 Å². The molecule has 140 valence electrons. The number of ether oxygens (including phenoxy) is 2. The first-order valence-corrected chi connectivity index (χ1v) is 9.08. The van der Waals surface area contributed by atoms with E-state index in [1.807, 2.05) is 18.2 Å². The first-order valence-electron chi connectivity index (χ1n) is 9.08. The van der Waals surface area contributed by atoms with E-state index in [9.17, 15) is 9.59 Å². The molecule has 2 aromatic carbocycles. The number of benzene rings is 2. The van der Waals surface area contributed by atoms with E-state index in [-0.39, 0.29) is 18.1 Å². The average molecular weight is 376 g/mol. The first-order chi connectivity index (χ1) is 13.7. The maximum absolute atomic E-state index is 13.0. The normalized spacial score (nSPS) is 26.0. The van der Waals surface area contributed by atoms with E-state index in [2.05, 4.69) is 11.2 Å². The molecule has 0 amide bonds. The van der Waals surface area contributed by atoms with Crippen molar-refractivity contribution in [1.29, 1.82) is 0 Å². The largest absolute Gasteiger partial charge is 0.497 e. The molecular formula is C20H16N4O4. The third-order valence-corrected chi connectivity index (χ3v) is 5.88. The summed E-state index contributed by atoms with van der Waals surface area (Å²) in [7, 11) is 1.59. The molecule has 4 unspecified atom stereocenters. The quantitative estimate of drug-likeness (QED) is 0.651. The van der Waals surface area contributed by atoms with E-state index >= 15 is 0 Å². The van der Waals surface area contributed by atoms with E-state index < -0.39 is 17.6 Å². The van der Waals surface area contributed by atoms with Gasteiger partial charge in [0.1, 0.15) is 11.9 Å². The summed E-state index contributed by atoms with van der Waals surface area (Å²) in [6, 6.07) is 15.0. The maximum Gasteiger partial charge on any atom is 0.370 e. The molecule has 3 aromatic rings. The molecule has 4 bridgehead atoms. The second-order valence-corrected chi connectivity index (χ2v) is 7.18. The van der Waals surface area contributed by atoms with E-state index in [0.29, 0.717) is 0 Å². The lowest BCUT2D eigenvalue weighted by atomic mass is 9.98. The second kappa shape index (κ2) is 5.32. The summed E-state index contributed by atoms with van der Waals surface area (Å²) in [6.45, 7) is 0. The van der Waals surface area contributed by atoms with Gasteiger partial charge < -0.3 is 9.47 Å². The summed E-state index contributed by atoms with van der Waals surface area (Å²) in [6.07, 6.45) is 0.845. The molecule has 3 heterocycles. The van der Waals surface area contributed by atoms with Gasteiger partial charge in [0.05, 0.1) is 25.3 Å². The highest BCUT2D eigenvalue weighted by molar-refractivity contribution is 5.79. The molecule has 1 saturated heterocycles. The maximum atomic E-state index is 13.0. The number of fused-ring (bicyclic) bond motifs is 4. The Balaban J connectivity index is 1.41. The third kappa shape index (κ3) is 1.80. The Kier molecular flexibility index (Phi) is 2.98. The highest BCUT2D eigenvalue weighted by atomic mass is 16.5. The van der Waals surface area contributed by atoms with Gasteiger partial charge in [0.25, 0.3) is 0 Å². The minimum Gasteiger partial charge on any atom is -0.497 e. The number of methoxy groups -OCH3 is 1. The highest BCUT2D eigenvalue weighted by Crippen LogP contribution is 2.64. The van der Waals surface area contributed by atoms with Crippen LogP contribution in [0.3, 0.4) is 0 Å². The molecule has 0 spiro atoms. The topological polar surface area (TPSA) is 79.8 Å². The fourth-order valence-electron chi connectivity index (χ4n) is 4.71. The number of hydrogen-bond donors (Lipinski definition) is 0. The van der Waals surface area contributed by atoms with Crippen LogP contribution in [0, 0.1) is 0 Å². The van der Waals surface area contributed by atoms with Crippen LogP contribution < -0.4 is 16.1 Å². The molecule has 4 atom stereocenters. The van der Waals surface area contributed by atoms with Crippen molar-refractivity contribution in [1.82, 2.24) is 14.0 Å². The molecule has 0 radical (unpaired) electrons. The van der Waals surface area contributed by atoms with Crippen molar-refractivity contribution >= 4 is 6.21 Å². The molecule has 2 aliphatic heterocycles. The van der Waals surface area contributed by atoms with Gasteiger partial charge in [-0.3, -0.25) is 0 Å². The number of nitrogens with zero attached hydrogens (tertiary/aromatic N) is 4. The van der Waals surface area contributed by atoms with Gasteiger partial charge in [0, 0.05) is 0 Å². The van der Waals surface area contributed by atoms with Crippen LogP contribution in [-0.4, -0.2) is 27.4 Å². The fraction of sp³-hybridized carbons (Fsp3) is 0.250. The van der Waals surface area contributed by atoms with Crippen LogP contribution in [-0.2, 0) is 4.74 Å². The van der Waals surface area contributed by atoms with Crippen molar-refractivity contribution in [2.45, 2.75) is 24.3 Å². The molecule has 8 heteroatoms. The summed E-state index contributed by atoms with van der Waals surface area (Å²) in [5, 5.41) is 4.14. The zero-order chi connectivity index (χ0) is 19.0. The van der Waals surface area contributed by atoms with Gasteiger partial charge in [-0.25, -0.2) is 14.3 Å². The van der Waals surface area contributed by atoms with Crippen LogP contribution in [0.4, 0.5) is 0 Å². The fourth-order valence-corrected chi connectivity index (χ4v) is 4.71. The van der Waals surface area contributed by atoms with Crippen LogP contribution in [0.25, 0.3) is 0 Å². The van der Waals surface area contributed by atoms with Gasteiger partial charge in [0.15, 0.2) is 6.23 Å². The predicted octanol–water partition coefficient (Wildman–Crippen LogP) is 1.62. The number of hydrogen-bond acceptors (Lipinski definition) is 5. The zero-order valence-electron chi connectivity index (χ0n) is 14.9. The van der Waals surface area contributed by atoms with Crippen LogP contribution in [0.15, 0.2) is 63.2 Å². The number of aromatic nitrogens is 3. The first kappa shape index (κ1) is 15.6. The van der Waals surface area contributed by atoms with Crippen LogP contribution in [0.1, 0.15) is 41.0 Å². The standard InChI is InChI=1S/C20H16N4O4/c1-27-12-8-6-11(7-9-12)10-21-22-19(25)23-16-15-13-4-2-3-5-14(13)17(16)28-18(15)24(23)20(22)26/h2-10,15-18H,1H3/b21-10+. The monoisotopic (exact) mass is 376 g/mol. The molecule has 0 N–H and O–H groups in total. The SMILES string of the molecule is COc1ccc(/C=N/n2c(=O)n3n(c2=O)C2C4OC3C2c2ccccc24)cc1. The lowest BCUT2D eigenvalue weighted by Gasteiger charge is -2.26. The Morgan fingerprint density at radius 2 is 1.71 bits per heavy atom. The summed E-state index contributed by atoms with van der Waals surface area (Å²) in [5.41, 5.74) is 2.11. The van der Waals surface area contributed by atoms with Gasteiger partial charge in [0.2, 0.25) is 0 Å². The lowest BCUT2D eigenvalue weighted by molar-refractivity contribution is -0.0557. The van der Waals surface area contributed by atoms with Gasteiger partial charge >= 0.3 is 11.4 Å². The Hall–Kier alpha value is -3.39. The van der Waals surface area contributed by atoms with Crippen molar-refractivity contribution in [3.8, 4) is 5.75 Å². The number of rotatable bonds is 3. The lowest BCUT2D eigenvalue weighted by Crippen LogP contribution is -2.32. The predicted molar refractivity (Wildman–Crippen MR) is 100 cm³/mol. The third-order valence-electron chi connectivity index (χ3n) is 5.88. The molecule has 3 aliphatic rings. The van der Waals surface area contributed by atoms with Crippen LogP contribution in [0.5, 0.6) is 5.75 Å². The minimum atomic E-state index is -0.481. The Morgan fingerprint density at radius 1 is 1.00 bits per heavy atom. The van der Waals surface area contributed by atoms with Crippen LogP contribution >= 0.6 is 0 Å². The zero-order valence-corrected chi connectivity index (χ0v) is 14.9. The molecular weight excluding hydrogens is 360 g/mol. The smallest absolute Gasteiger partial charge is 0.370 e. The summed E-state index contributed by atoms with van der Waals surface area (Å²) in [5.74, 6) is 0.725.